The monoisotopic (exact) mass is 298 g/mol. The van der Waals surface area contributed by atoms with Crippen molar-refractivity contribution in [2.24, 2.45) is 0 Å². The minimum absolute atomic E-state index is 0.205. The van der Waals surface area contributed by atoms with Crippen LogP contribution in [0.1, 0.15) is 5.56 Å². The summed E-state index contributed by atoms with van der Waals surface area (Å²) in [5.41, 5.74) is 1.07. The largest absolute Gasteiger partial charge is 0.384 e. The summed E-state index contributed by atoms with van der Waals surface area (Å²) in [6.45, 7) is 0.633. The summed E-state index contributed by atoms with van der Waals surface area (Å²) in [4.78, 5) is 0. The second-order valence-electron chi connectivity index (χ2n) is 3.86. The SMILES string of the molecule is COCCc1ccc(OS(=O)(=O)c2cccs2)cc1. The standard InChI is InChI=1S/C13H14O4S2/c1-16-9-8-11-4-6-12(7-5-11)17-19(14,15)13-3-2-10-18-13/h2-7,10H,8-9H2,1H3. The fraction of sp³-hybridized carbons (Fsp3) is 0.231. The molecule has 0 aliphatic heterocycles. The lowest BCUT2D eigenvalue weighted by Gasteiger charge is -2.06. The number of hydrogen-bond acceptors (Lipinski definition) is 5. The minimum atomic E-state index is -3.71. The second-order valence-corrected chi connectivity index (χ2v) is 6.58. The van der Waals surface area contributed by atoms with Crippen LogP contribution in [0.5, 0.6) is 5.75 Å². The van der Waals surface area contributed by atoms with Crippen LogP contribution in [-0.4, -0.2) is 22.1 Å². The lowest BCUT2D eigenvalue weighted by Crippen LogP contribution is -2.07. The molecule has 0 radical (unpaired) electrons. The molecule has 0 saturated carbocycles. The Labute approximate surface area is 116 Å². The summed E-state index contributed by atoms with van der Waals surface area (Å²) in [5.74, 6) is 0.314. The summed E-state index contributed by atoms with van der Waals surface area (Å²) in [7, 11) is -2.06. The molecule has 19 heavy (non-hydrogen) atoms. The van der Waals surface area contributed by atoms with E-state index in [0.717, 1.165) is 23.3 Å². The van der Waals surface area contributed by atoms with Crippen LogP contribution in [0.25, 0.3) is 0 Å². The van der Waals surface area contributed by atoms with Crippen LogP contribution in [0.15, 0.2) is 46.0 Å². The van der Waals surface area contributed by atoms with Crippen molar-refractivity contribution in [3.8, 4) is 5.75 Å². The van der Waals surface area contributed by atoms with Crippen molar-refractivity contribution in [3.05, 3.63) is 47.3 Å². The van der Waals surface area contributed by atoms with E-state index in [9.17, 15) is 8.42 Å². The predicted molar refractivity (Wildman–Crippen MR) is 74.2 cm³/mol. The Morgan fingerprint density at radius 2 is 1.89 bits per heavy atom. The number of thiophene rings is 1. The topological polar surface area (TPSA) is 52.6 Å². The molecule has 0 aliphatic carbocycles. The van der Waals surface area contributed by atoms with E-state index >= 15 is 0 Å². The van der Waals surface area contributed by atoms with Gasteiger partial charge in [-0.2, -0.15) is 8.42 Å². The molecule has 2 rings (SSSR count). The Bertz CT molecular complexity index is 601. The van der Waals surface area contributed by atoms with Gasteiger partial charge in [0.1, 0.15) is 5.75 Å². The molecule has 2 aromatic rings. The van der Waals surface area contributed by atoms with Crippen LogP contribution in [0.4, 0.5) is 0 Å². The summed E-state index contributed by atoms with van der Waals surface area (Å²) in [5, 5.41) is 1.70. The zero-order chi connectivity index (χ0) is 13.7. The Kier molecular flexibility index (Phi) is 4.57. The van der Waals surface area contributed by atoms with Crippen LogP contribution < -0.4 is 4.18 Å². The van der Waals surface area contributed by atoms with Gasteiger partial charge in [0.15, 0.2) is 4.21 Å². The van der Waals surface area contributed by atoms with E-state index in [-0.39, 0.29) is 4.21 Å². The molecule has 102 valence electrons. The minimum Gasteiger partial charge on any atom is -0.384 e. The van der Waals surface area contributed by atoms with Crippen molar-refractivity contribution in [2.45, 2.75) is 10.6 Å². The predicted octanol–water partition coefficient (Wildman–Crippen LogP) is 2.70. The molecule has 0 bridgehead atoms. The van der Waals surface area contributed by atoms with Crippen molar-refractivity contribution in [3.63, 3.8) is 0 Å². The highest BCUT2D eigenvalue weighted by molar-refractivity contribution is 7.89. The maximum atomic E-state index is 11.9. The van der Waals surface area contributed by atoms with Gasteiger partial charge in [0.05, 0.1) is 6.61 Å². The fourth-order valence-electron chi connectivity index (χ4n) is 1.51. The lowest BCUT2D eigenvalue weighted by molar-refractivity contribution is 0.202. The zero-order valence-corrected chi connectivity index (χ0v) is 12.0. The highest BCUT2D eigenvalue weighted by Gasteiger charge is 2.17. The fourth-order valence-corrected chi connectivity index (χ4v) is 3.39. The van der Waals surface area contributed by atoms with Gasteiger partial charge < -0.3 is 8.92 Å². The molecule has 0 atom stereocenters. The average Bonchev–Trinajstić information content (AvgIpc) is 2.92. The van der Waals surface area contributed by atoms with E-state index in [1.54, 1.807) is 30.7 Å². The average molecular weight is 298 g/mol. The first-order valence-electron chi connectivity index (χ1n) is 5.68. The van der Waals surface area contributed by atoms with E-state index in [2.05, 4.69) is 0 Å². The summed E-state index contributed by atoms with van der Waals surface area (Å²) < 4.78 is 34.0. The summed E-state index contributed by atoms with van der Waals surface area (Å²) in [6, 6.07) is 10.2. The quantitative estimate of drug-likeness (QED) is 0.769. The third-order valence-electron chi connectivity index (χ3n) is 2.47. The Hall–Kier alpha value is -1.37. The van der Waals surface area contributed by atoms with Crippen LogP contribution >= 0.6 is 11.3 Å². The van der Waals surface area contributed by atoms with Gasteiger partial charge in [0.2, 0.25) is 0 Å². The normalized spacial score (nSPS) is 11.4. The Morgan fingerprint density at radius 1 is 1.16 bits per heavy atom. The zero-order valence-electron chi connectivity index (χ0n) is 10.4. The second kappa shape index (κ2) is 6.18. The molecule has 0 aliphatic rings. The molecular formula is C13H14O4S2. The van der Waals surface area contributed by atoms with Crippen LogP contribution in [-0.2, 0) is 21.3 Å². The van der Waals surface area contributed by atoms with Crippen molar-refractivity contribution in [2.75, 3.05) is 13.7 Å². The number of methoxy groups -OCH3 is 1. The number of rotatable bonds is 6. The van der Waals surface area contributed by atoms with Crippen molar-refractivity contribution in [1.29, 1.82) is 0 Å². The first-order valence-corrected chi connectivity index (χ1v) is 7.96. The molecule has 6 heteroatoms. The molecule has 0 unspecified atom stereocenters. The number of hydrogen-bond donors (Lipinski definition) is 0. The molecule has 1 heterocycles. The van der Waals surface area contributed by atoms with Crippen molar-refractivity contribution in [1.82, 2.24) is 0 Å². The maximum Gasteiger partial charge on any atom is 0.348 e. The lowest BCUT2D eigenvalue weighted by atomic mass is 10.1. The highest BCUT2D eigenvalue weighted by Crippen LogP contribution is 2.22. The van der Waals surface area contributed by atoms with Gasteiger partial charge in [0.25, 0.3) is 0 Å². The molecule has 1 aromatic carbocycles. The highest BCUT2D eigenvalue weighted by atomic mass is 32.3. The third-order valence-corrected chi connectivity index (χ3v) is 5.07. The Morgan fingerprint density at radius 3 is 2.47 bits per heavy atom. The Balaban J connectivity index is 2.07. The summed E-state index contributed by atoms with van der Waals surface area (Å²) >= 11 is 1.13. The van der Waals surface area contributed by atoms with E-state index in [1.165, 1.54) is 6.07 Å². The van der Waals surface area contributed by atoms with Gasteiger partial charge in [-0.15, -0.1) is 11.3 Å². The maximum absolute atomic E-state index is 11.9. The van der Waals surface area contributed by atoms with E-state index in [1.807, 2.05) is 12.1 Å². The van der Waals surface area contributed by atoms with Crippen LogP contribution in [0.3, 0.4) is 0 Å². The molecular weight excluding hydrogens is 284 g/mol. The van der Waals surface area contributed by atoms with Gasteiger partial charge in [-0.3, -0.25) is 0 Å². The molecule has 4 nitrogen and oxygen atoms in total. The van der Waals surface area contributed by atoms with Crippen molar-refractivity contribution < 1.29 is 17.3 Å². The van der Waals surface area contributed by atoms with Gasteiger partial charge in [-0.25, -0.2) is 0 Å². The molecule has 0 fully saturated rings. The molecule has 0 spiro atoms. The summed E-state index contributed by atoms with van der Waals surface area (Å²) in [6.07, 6.45) is 0.786. The van der Waals surface area contributed by atoms with Gasteiger partial charge >= 0.3 is 10.1 Å². The van der Waals surface area contributed by atoms with E-state index < -0.39 is 10.1 Å². The molecule has 0 amide bonds. The molecule has 0 saturated heterocycles. The first kappa shape index (κ1) is 14.0. The smallest absolute Gasteiger partial charge is 0.348 e. The third kappa shape index (κ3) is 3.79. The van der Waals surface area contributed by atoms with Crippen molar-refractivity contribution >= 4 is 21.5 Å². The number of benzene rings is 1. The van der Waals surface area contributed by atoms with Gasteiger partial charge in [-0.1, -0.05) is 18.2 Å². The van der Waals surface area contributed by atoms with Crippen LogP contribution in [0.2, 0.25) is 0 Å². The van der Waals surface area contributed by atoms with Gasteiger partial charge in [0, 0.05) is 7.11 Å². The first-order chi connectivity index (χ1) is 9.12. The molecule has 0 N–H and O–H groups in total. The van der Waals surface area contributed by atoms with E-state index in [0.29, 0.717) is 12.4 Å². The van der Waals surface area contributed by atoms with Gasteiger partial charge in [-0.05, 0) is 35.6 Å². The number of ether oxygens (including phenoxy) is 1. The van der Waals surface area contributed by atoms with Crippen LogP contribution in [0, 0.1) is 0 Å². The van der Waals surface area contributed by atoms with E-state index in [4.69, 9.17) is 8.92 Å². The molecule has 1 aromatic heterocycles.